The fourth-order valence-electron chi connectivity index (χ4n) is 2.86. The van der Waals surface area contributed by atoms with Gasteiger partial charge >= 0.3 is 0 Å². The maximum Gasteiger partial charge on any atom is 0.261 e. The van der Waals surface area contributed by atoms with E-state index in [-0.39, 0.29) is 5.91 Å². The van der Waals surface area contributed by atoms with Crippen molar-refractivity contribution in [2.75, 3.05) is 13.7 Å². The number of halogens is 2. The van der Waals surface area contributed by atoms with Crippen molar-refractivity contribution in [3.63, 3.8) is 0 Å². The summed E-state index contributed by atoms with van der Waals surface area (Å²) < 4.78 is 11.6. The summed E-state index contributed by atoms with van der Waals surface area (Å²) in [5.41, 5.74) is 0.683. The van der Waals surface area contributed by atoms with Crippen LogP contribution in [0, 0.1) is 0 Å². The van der Waals surface area contributed by atoms with Gasteiger partial charge in [-0.3, -0.25) is 4.79 Å². The maximum absolute atomic E-state index is 12.3. The maximum atomic E-state index is 12.3. The predicted octanol–water partition coefficient (Wildman–Crippen LogP) is 6.15. The Morgan fingerprint density at radius 2 is 1.74 bits per heavy atom. The van der Waals surface area contributed by atoms with Crippen LogP contribution in [0.2, 0.25) is 9.36 Å². The van der Waals surface area contributed by atoms with Crippen LogP contribution in [0.25, 0.3) is 0 Å². The van der Waals surface area contributed by atoms with Gasteiger partial charge in [0.1, 0.15) is 17.2 Å². The summed E-state index contributed by atoms with van der Waals surface area (Å²) >= 11 is 13.4. The summed E-state index contributed by atoms with van der Waals surface area (Å²) in [6.45, 7) is 5.22. The van der Waals surface area contributed by atoms with E-state index in [9.17, 15) is 4.79 Å². The number of nitrogens with one attached hydrogen (secondary N) is 2. The highest BCUT2D eigenvalue weighted by atomic mass is 35.5. The molecule has 2 N–H and O–H groups in total. The molecule has 0 atom stereocenters. The van der Waals surface area contributed by atoms with E-state index in [1.807, 2.05) is 38.1 Å². The van der Waals surface area contributed by atoms with Crippen LogP contribution < -0.4 is 20.1 Å². The first kappa shape index (κ1) is 23.4. The molecule has 1 aromatic heterocycles. The van der Waals surface area contributed by atoms with Gasteiger partial charge in [0.25, 0.3) is 5.91 Å². The molecule has 0 unspecified atom stereocenters. The second-order valence-corrected chi connectivity index (χ2v) is 9.71. The van der Waals surface area contributed by atoms with Gasteiger partial charge in [-0.25, -0.2) is 0 Å². The molecule has 8 heteroatoms. The number of methoxy groups -OCH3 is 1. The minimum Gasteiger partial charge on any atom is -0.497 e. The second-order valence-electron chi connectivity index (χ2n) is 7.59. The number of thiophene rings is 1. The van der Waals surface area contributed by atoms with Crippen molar-refractivity contribution in [2.45, 2.75) is 25.9 Å². The van der Waals surface area contributed by atoms with Gasteiger partial charge in [-0.1, -0.05) is 35.3 Å². The predicted molar refractivity (Wildman–Crippen MR) is 127 cm³/mol. The van der Waals surface area contributed by atoms with E-state index in [2.05, 4.69) is 10.6 Å². The Balaban J connectivity index is 1.49. The lowest BCUT2D eigenvalue weighted by molar-refractivity contribution is 0.0916. The molecule has 31 heavy (non-hydrogen) atoms. The second kappa shape index (κ2) is 10.4. The number of rotatable bonds is 9. The molecule has 5 nitrogen and oxygen atoms in total. The standard InChI is InChI=1S/C23H24Cl2N2O3S/c1-23(2,27-22(28)20-10-11-21(25)31-20)14-26-13-15-4-6-16(7-5-15)30-19-9-8-17(29-3)12-18(19)24/h4-12,26H,13-14H2,1-3H3,(H,27,28). The molecule has 0 saturated carbocycles. The van der Waals surface area contributed by atoms with Gasteiger partial charge in [-0.05, 0) is 55.8 Å². The number of hydrogen-bond donors (Lipinski definition) is 2. The molecule has 164 valence electrons. The van der Waals surface area contributed by atoms with Crippen molar-refractivity contribution in [1.29, 1.82) is 0 Å². The SMILES string of the molecule is COc1ccc(Oc2ccc(CNCC(C)(C)NC(=O)c3ccc(Cl)s3)cc2)c(Cl)c1. The summed E-state index contributed by atoms with van der Waals surface area (Å²) in [5, 5.41) is 6.90. The molecule has 1 heterocycles. The summed E-state index contributed by atoms with van der Waals surface area (Å²) in [6, 6.07) is 16.5. The van der Waals surface area contributed by atoms with E-state index in [4.69, 9.17) is 32.7 Å². The van der Waals surface area contributed by atoms with Crippen molar-refractivity contribution in [1.82, 2.24) is 10.6 Å². The third kappa shape index (κ3) is 6.87. The fourth-order valence-corrected chi connectivity index (χ4v) is 4.01. The lowest BCUT2D eigenvalue weighted by Gasteiger charge is -2.26. The summed E-state index contributed by atoms with van der Waals surface area (Å²) in [4.78, 5) is 12.9. The molecule has 3 rings (SSSR count). The van der Waals surface area contributed by atoms with E-state index in [0.717, 1.165) is 5.56 Å². The van der Waals surface area contributed by atoms with Crippen LogP contribution in [0.5, 0.6) is 17.2 Å². The van der Waals surface area contributed by atoms with Crippen LogP contribution in [-0.2, 0) is 6.54 Å². The first-order valence-electron chi connectivity index (χ1n) is 9.65. The zero-order valence-corrected chi connectivity index (χ0v) is 19.8. The molecule has 2 aromatic carbocycles. The van der Waals surface area contributed by atoms with Crippen molar-refractivity contribution in [2.24, 2.45) is 0 Å². The van der Waals surface area contributed by atoms with Gasteiger partial charge < -0.3 is 20.1 Å². The van der Waals surface area contributed by atoms with Crippen LogP contribution in [0.4, 0.5) is 0 Å². The number of hydrogen-bond acceptors (Lipinski definition) is 5. The zero-order valence-electron chi connectivity index (χ0n) is 17.5. The topological polar surface area (TPSA) is 59.6 Å². The molecule has 0 spiro atoms. The lowest BCUT2D eigenvalue weighted by atomic mass is 10.1. The monoisotopic (exact) mass is 478 g/mol. The Hall–Kier alpha value is -2.25. The molecular weight excluding hydrogens is 455 g/mol. The van der Waals surface area contributed by atoms with E-state index in [1.165, 1.54) is 11.3 Å². The number of carbonyl (C=O) groups excluding carboxylic acids is 1. The largest absolute Gasteiger partial charge is 0.497 e. The molecule has 0 aliphatic carbocycles. The Morgan fingerprint density at radius 1 is 1.03 bits per heavy atom. The van der Waals surface area contributed by atoms with Crippen LogP contribution in [0.3, 0.4) is 0 Å². The number of ether oxygens (including phenoxy) is 2. The minimum atomic E-state index is -0.415. The summed E-state index contributed by atoms with van der Waals surface area (Å²) in [7, 11) is 1.59. The number of benzene rings is 2. The first-order valence-corrected chi connectivity index (χ1v) is 11.2. The summed E-state index contributed by atoms with van der Waals surface area (Å²) in [5.74, 6) is 1.82. The highest BCUT2D eigenvalue weighted by Crippen LogP contribution is 2.32. The molecule has 0 aliphatic heterocycles. The van der Waals surface area contributed by atoms with Crippen LogP contribution in [-0.4, -0.2) is 25.1 Å². The smallest absolute Gasteiger partial charge is 0.261 e. The quantitative estimate of drug-likeness (QED) is 0.386. The average molecular weight is 479 g/mol. The third-order valence-electron chi connectivity index (χ3n) is 4.44. The van der Waals surface area contributed by atoms with Crippen molar-refractivity contribution < 1.29 is 14.3 Å². The molecule has 1 amide bonds. The normalized spacial score (nSPS) is 11.3. The average Bonchev–Trinajstić information content (AvgIpc) is 3.17. The Morgan fingerprint density at radius 3 is 2.35 bits per heavy atom. The van der Waals surface area contributed by atoms with Gasteiger partial charge in [0.05, 0.1) is 21.3 Å². The lowest BCUT2D eigenvalue weighted by Crippen LogP contribution is -2.50. The van der Waals surface area contributed by atoms with E-state index < -0.39 is 5.54 Å². The molecular formula is C23H24Cl2N2O3S. The number of amides is 1. The van der Waals surface area contributed by atoms with Crippen LogP contribution in [0.15, 0.2) is 54.6 Å². The Kier molecular flexibility index (Phi) is 7.84. The molecule has 3 aromatic rings. The van der Waals surface area contributed by atoms with Crippen molar-refractivity contribution in [3.05, 3.63) is 74.4 Å². The van der Waals surface area contributed by atoms with Gasteiger partial charge in [-0.2, -0.15) is 0 Å². The van der Waals surface area contributed by atoms with E-state index >= 15 is 0 Å². The van der Waals surface area contributed by atoms with Gasteiger partial charge in [0.15, 0.2) is 0 Å². The van der Waals surface area contributed by atoms with Crippen molar-refractivity contribution >= 4 is 40.4 Å². The molecule has 0 radical (unpaired) electrons. The van der Waals surface area contributed by atoms with Gasteiger partial charge in [0.2, 0.25) is 0 Å². The van der Waals surface area contributed by atoms with Crippen LogP contribution in [0.1, 0.15) is 29.1 Å². The van der Waals surface area contributed by atoms with Gasteiger partial charge in [0, 0.05) is 24.7 Å². The Labute approximate surface area is 196 Å². The molecule has 0 fully saturated rings. The third-order valence-corrected chi connectivity index (χ3v) is 5.96. The van der Waals surface area contributed by atoms with E-state index in [1.54, 1.807) is 37.4 Å². The van der Waals surface area contributed by atoms with E-state index in [0.29, 0.717) is 44.6 Å². The fraction of sp³-hybridized carbons (Fsp3) is 0.261. The first-order chi connectivity index (χ1) is 14.8. The van der Waals surface area contributed by atoms with Crippen LogP contribution >= 0.6 is 34.5 Å². The van der Waals surface area contributed by atoms with Gasteiger partial charge in [-0.15, -0.1) is 11.3 Å². The Bertz CT molecular complexity index is 1040. The minimum absolute atomic E-state index is 0.123. The van der Waals surface area contributed by atoms with Crippen molar-refractivity contribution in [3.8, 4) is 17.2 Å². The number of carbonyl (C=O) groups is 1. The highest BCUT2D eigenvalue weighted by Gasteiger charge is 2.21. The molecule has 0 aliphatic rings. The molecule has 0 bridgehead atoms. The summed E-state index contributed by atoms with van der Waals surface area (Å²) in [6.07, 6.45) is 0. The molecule has 0 saturated heterocycles. The highest BCUT2D eigenvalue weighted by molar-refractivity contribution is 7.18. The zero-order chi connectivity index (χ0) is 22.4.